The average Bonchev–Trinajstić information content (AvgIpc) is 2.44. The minimum atomic E-state index is -4.08. The molecule has 0 atom stereocenters. The number of nitrogens with one attached hydrogen (secondary N) is 1. The van der Waals surface area contributed by atoms with E-state index >= 15 is 0 Å². The number of benzene rings is 1. The van der Waals surface area contributed by atoms with E-state index in [2.05, 4.69) is 18.7 Å². The van der Waals surface area contributed by atoms with Gasteiger partial charge in [0.1, 0.15) is 0 Å². The van der Waals surface area contributed by atoms with Crippen LogP contribution >= 0.6 is 0 Å². The quantitative estimate of drug-likeness (QED) is 0.522. The molecule has 0 saturated carbocycles. The van der Waals surface area contributed by atoms with E-state index in [0.29, 0.717) is 0 Å². The first-order valence-corrected chi connectivity index (χ1v) is 8.85. The van der Waals surface area contributed by atoms with Gasteiger partial charge in [0.15, 0.2) is 5.03 Å². The summed E-state index contributed by atoms with van der Waals surface area (Å²) in [5.41, 5.74) is 1.01. The molecule has 7 nitrogen and oxygen atoms in total. The lowest BCUT2D eigenvalue weighted by molar-refractivity contribution is -0.518. The van der Waals surface area contributed by atoms with Crippen LogP contribution in [0.1, 0.15) is 32.3 Å². The van der Waals surface area contributed by atoms with E-state index in [1.54, 1.807) is 12.1 Å². The second-order valence-electron chi connectivity index (χ2n) is 5.09. The molecular formula is C14H23N3O4S. The molecule has 1 rings (SSSR count). The third kappa shape index (κ3) is 5.98. The van der Waals surface area contributed by atoms with Crippen LogP contribution in [0.2, 0.25) is 0 Å². The fourth-order valence-corrected chi connectivity index (χ4v) is 3.04. The summed E-state index contributed by atoms with van der Waals surface area (Å²) in [6, 6.07) is 6.19. The second-order valence-corrected chi connectivity index (χ2v) is 6.75. The van der Waals surface area contributed by atoms with E-state index in [-0.39, 0.29) is 4.90 Å². The Kier molecular flexibility index (Phi) is 7.26. The summed E-state index contributed by atoms with van der Waals surface area (Å²) < 4.78 is 23.3. The van der Waals surface area contributed by atoms with Crippen LogP contribution in [0.4, 0.5) is 0 Å². The van der Waals surface area contributed by atoms with Crippen molar-refractivity contribution in [2.45, 2.75) is 38.0 Å². The SMILES string of the molecule is CCCN(CCC)CCc1ccc(S(=O)(=O)N[N+](=O)[O-])cc1. The lowest BCUT2D eigenvalue weighted by atomic mass is 10.1. The zero-order valence-electron chi connectivity index (χ0n) is 13.0. The zero-order chi connectivity index (χ0) is 16.6. The summed E-state index contributed by atoms with van der Waals surface area (Å²) in [5.74, 6) is 0. The molecule has 0 aliphatic carbocycles. The highest BCUT2D eigenvalue weighted by Crippen LogP contribution is 2.11. The predicted molar refractivity (Wildman–Crippen MR) is 84.5 cm³/mol. The maximum Gasteiger partial charge on any atom is 0.311 e. The Morgan fingerprint density at radius 2 is 1.64 bits per heavy atom. The van der Waals surface area contributed by atoms with Gasteiger partial charge in [0.05, 0.1) is 4.90 Å². The molecule has 22 heavy (non-hydrogen) atoms. The Morgan fingerprint density at radius 1 is 1.09 bits per heavy atom. The lowest BCUT2D eigenvalue weighted by Crippen LogP contribution is -2.29. The number of nitrogens with zero attached hydrogens (tertiary/aromatic N) is 2. The molecule has 8 heteroatoms. The Balaban J connectivity index is 2.67. The van der Waals surface area contributed by atoms with Gasteiger partial charge in [-0.3, -0.25) is 0 Å². The van der Waals surface area contributed by atoms with E-state index in [4.69, 9.17) is 0 Å². The Labute approximate surface area is 131 Å². The fourth-order valence-electron chi connectivity index (χ4n) is 2.24. The van der Waals surface area contributed by atoms with E-state index in [9.17, 15) is 18.5 Å². The number of hydrazine groups is 1. The van der Waals surface area contributed by atoms with E-state index in [1.807, 2.05) is 0 Å². The van der Waals surface area contributed by atoms with Crippen LogP contribution < -0.4 is 4.83 Å². The molecule has 0 aromatic heterocycles. The molecule has 0 fully saturated rings. The minimum absolute atomic E-state index is 0.105. The van der Waals surface area contributed by atoms with Crippen molar-refractivity contribution in [2.75, 3.05) is 19.6 Å². The van der Waals surface area contributed by atoms with Crippen LogP contribution in [0.25, 0.3) is 0 Å². The molecule has 0 spiro atoms. The van der Waals surface area contributed by atoms with Gasteiger partial charge in [-0.15, -0.1) is 0 Å². The molecule has 0 bridgehead atoms. The minimum Gasteiger partial charge on any atom is -0.303 e. The Morgan fingerprint density at radius 3 is 2.09 bits per heavy atom. The van der Waals surface area contributed by atoms with Gasteiger partial charge in [0.25, 0.3) is 0 Å². The maximum absolute atomic E-state index is 11.6. The first-order chi connectivity index (χ1) is 10.4. The number of nitro groups is 1. The van der Waals surface area contributed by atoms with Gasteiger partial charge >= 0.3 is 10.0 Å². The molecule has 1 aromatic carbocycles. The van der Waals surface area contributed by atoms with Crippen molar-refractivity contribution in [3.63, 3.8) is 0 Å². The summed E-state index contributed by atoms with van der Waals surface area (Å²) in [6.07, 6.45) is 3.02. The Hall–Kier alpha value is -1.67. The summed E-state index contributed by atoms with van der Waals surface area (Å²) in [7, 11) is -4.08. The average molecular weight is 329 g/mol. The number of rotatable bonds is 10. The van der Waals surface area contributed by atoms with Gasteiger partial charge in [-0.05, 0) is 54.9 Å². The van der Waals surface area contributed by atoms with E-state index in [0.717, 1.165) is 44.5 Å². The highest BCUT2D eigenvalue weighted by atomic mass is 32.2. The molecule has 0 unspecified atom stereocenters. The third-order valence-corrected chi connectivity index (χ3v) is 4.51. The number of hydrogen-bond acceptors (Lipinski definition) is 5. The van der Waals surface area contributed by atoms with Crippen molar-refractivity contribution < 1.29 is 13.5 Å². The van der Waals surface area contributed by atoms with Crippen molar-refractivity contribution in [1.29, 1.82) is 0 Å². The van der Waals surface area contributed by atoms with Gasteiger partial charge < -0.3 is 4.90 Å². The molecule has 1 aromatic rings. The van der Waals surface area contributed by atoms with Crippen LogP contribution in [-0.4, -0.2) is 38.0 Å². The third-order valence-electron chi connectivity index (χ3n) is 3.22. The standard InChI is InChI=1S/C14H23N3O4S/c1-3-10-16(11-4-2)12-9-13-5-7-14(8-6-13)22(20,21)15-17(18)19/h5-8,15H,3-4,9-12H2,1-2H3. The van der Waals surface area contributed by atoms with Crippen molar-refractivity contribution in [1.82, 2.24) is 9.73 Å². The van der Waals surface area contributed by atoms with Crippen molar-refractivity contribution in [2.24, 2.45) is 0 Å². The molecule has 0 heterocycles. The molecule has 0 aliphatic heterocycles. The van der Waals surface area contributed by atoms with E-state index < -0.39 is 15.1 Å². The Bertz CT molecular complexity index is 566. The van der Waals surface area contributed by atoms with Gasteiger partial charge in [-0.1, -0.05) is 26.0 Å². The van der Waals surface area contributed by atoms with Gasteiger partial charge in [-0.2, -0.15) is 8.42 Å². The number of hydrogen-bond donors (Lipinski definition) is 1. The predicted octanol–water partition coefficient (Wildman–Crippen LogP) is 1.82. The first kappa shape index (κ1) is 18.4. The largest absolute Gasteiger partial charge is 0.311 e. The van der Waals surface area contributed by atoms with Crippen LogP contribution in [0.5, 0.6) is 0 Å². The second kappa shape index (κ2) is 8.70. The van der Waals surface area contributed by atoms with Crippen LogP contribution in [0.15, 0.2) is 29.2 Å². The topological polar surface area (TPSA) is 92.6 Å². The fraction of sp³-hybridized carbons (Fsp3) is 0.571. The van der Waals surface area contributed by atoms with Crippen LogP contribution in [-0.2, 0) is 16.4 Å². The maximum atomic E-state index is 11.6. The van der Waals surface area contributed by atoms with E-state index in [1.165, 1.54) is 17.0 Å². The summed E-state index contributed by atoms with van der Waals surface area (Å²) in [5, 5.41) is 9.19. The molecule has 0 saturated heterocycles. The van der Waals surface area contributed by atoms with Crippen molar-refractivity contribution in [3.05, 3.63) is 39.9 Å². The van der Waals surface area contributed by atoms with Crippen molar-refractivity contribution >= 4 is 10.0 Å². The van der Waals surface area contributed by atoms with Crippen molar-refractivity contribution in [3.8, 4) is 0 Å². The normalized spacial score (nSPS) is 11.6. The molecule has 0 aliphatic rings. The van der Waals surface area contributed by atoms with Crippen LogP contribution in [0, 0.1) is 10.1 Å². The highest BCUT2D eigenvalue weighted by molar-refractivity contribution is 7.89. The van der Waals surface area contributed by atoms with Gasteiger partial charge in [-0.25, -0.2) is 10.1 Å². The molecule has 1 N–H and O–H groups in total. The van der Waals surface area contributed by atoms with Gasteiger partial charge in [0.2, 0.25) is 0 Å². The lowest BCUT2D eigenvalue weighted by Gasteiger charge is -2.20. The summed E-state index contributed by atoms with van der Waals surface area (Å²) >= 11 is 0. The monoisotopic (exact) mass is 329 g/mol. The molecule has 0 radical (unpaired) electrons. The molecule has 124 valence electrons. The van der Waals surface area contributed by atoms with Gasteiger partial charge in [0, 0.05) is 6.54 Å². The molecular weight excluding hydrogens is 306 g/mol. The number of sulfonamides is 1. The zero-order valence-corrected chi connectivity index (χ0v) is 13.8. The highest BCUT2D eigenvalue weighted by Gasteiger charge is 2.18. The first-order valence-electron chi connectivity index (χ1n) is 7.37. The molecule has 0 amide bonds. The van der Waals surface area contributed by atoms with Crippen LogP contribution in [0.3, 0.4) is 0 Å². The summed E-state index contributed by atoms with van der Waals surface area (Å²) in [4.78, 5) is 13.9. The smallest absolute Gasteiger partial charge is 0.303 e. The summed E-state index contributed by atoms with van der Waals surface area (Å²) in [6.45, 7) is 7.30.